The van der Waals surface area contributed by atoms with Gasteiger partial charge in [0.2, 0.25) is 5.78 Å². The Morgan fingerprint density at radius 2 is 1.76 bits per heavy atom. The summed E-state index contributed by atoms with van der Waals surface area (Å²) in [6.07, 6.45) is 1.71. The van der Waals surface area contributed by atoms with E-state index >= 15 is 0 Å². The lowest BCUT2D eigenvalue weighted by Gasteiger charge is -2.02. The average Bonchev–Trinajstić information content (AvgIpc) is 2.83. The van der Waals surface area contributed by atoms with Crippen molar-refractivity contribution in [1.82, 2.24) is 0 Å². The molecule has 0 aliphatic carbocycles. The fourth-order valence-corrected chi connectivity index (χ4v) is 2.18. The van der Waals surface area contributed by atoms with Crippen LogP contribution >= 0.6 is 0 Å². The SMILES string of the molecule is COc1cccc(/C=C2\Oc3cc(OC)ccc3C2=O)c1. The molecule has 1 aliphatic rings. The molecular weight excluding hydrogens is 268 g/mol. The number of carbonyl (C=O) groups excluding carboxylic acids is 1. The molecule has 0 N–H and O–H groups in total. The van der Waals surface area contributed by atoms with Crippen molar-refractivity contribution in [3.63, 3.8) is 0 Å². The molecule has 4 nitrogen and oxygen atoms in total. The molecule has 1 heterocycles. The van der Waals surface area contributed by atoms with Crippen molar-refractivity contribution >= 4 is 11.9 Å². The maximum absolute atomic E-state index is 12.3. The molecule has 4 heteroatoms. The van der Waals surface area contributed by atoms with Gasteiger partial charge in [0.05, 0.1) is 19.8 Å². The summed E-state index contributed by atoms with van der Waals surface area (Å²) in [6, 6.07) is 12.6. The number of allylic oxidation sites excluding steroid dienone is 1. The number of hydrogen-bond donors (Lipinski definition) is 0. The first-order chi connectivity index (χ1) is 10.2. The van der Waals surface area contributed by atoms with E-state index in [-0.39, 0.29) is 5.78 Å². The highest BCUT2D eigenvalue weighted by molar-refractivity contribution is 6.14. The predicted octanol–water partition coefficient (Wildman–Crippen LogP) is 3.32. The largest absolute Gasteiger partial charge is 0.497 e. The first-order valence-electron chi connectivity index (χ1n) is 6.47. The quantitative estimate of drug-likeness (QED) is 0.810. The molecule has 0 fully saturated rings. The molecule has 0 aromatic heterocycles. The van der Waals surface area contributed by atoms with Gasteiger partial charge in [-0.1, -0.05) is 12.1 Å². The lowest BCUT2D eigenvalue weighted by Crippen LogP contribution is -1.98. The van der Waals surface area contributed by atoms with Crippen molar-refractivity contribution in [2.24, 2.45) is 0 Å². The molecule has 0 spiro atoms. The fourth-order valence-electron chi connectivity index (χ4n) is 2.18. The second kappa shape index (κ2) is 5.32. The number of rotatable bonds is 3. The lowest BCUT2D eigenvalue weighted by atomic mass is 10.1. The predicted molar refractivity (Wildman–Crippen MR) is 78.9 cm³/mol. The molecule has 0 unspecified atom stereocenters. The van der Waals surface area contributed by atoms with E-state index in [0.717, 1.165) is 11.3 Å². The van der Waals surface area contributed by atoms with E-state index in [2.05, 4.69) is 0 Å². The van der Waals surface area contributed by atoms with Gasteiger partial charge in [-0.15, -0.1) is 0 Å². The number of carbonyl (C=O) groups is 1. The van der Waals surface area contributed by atoms with E-state index in [1.165, 1.54) is 0 Å². The third-order valence-electron chi connectivity index (χ3n) is 3.27. The van der Waals surface area contributed by atoms with Gasteiger partial charge in [0.1, 0.15) is 17.2 Å². The van der Waals surface area contributed by atoms with Crippen LogP contribution in [0.5, 0.6) is 17.2 Å². The minimum absolute atomic E-state index is 0.129. The van der Waals surface area contributed by atoms with Gasteiger partial charge in [0, 0.05) is 6.07 Å². The zero-order valence-corrected chi connectivity index (χ0v) is 11.8. The van der Waals surface area contributed by atoms with Crippen LogP contribution in [0.1, 0.15) is 15.9 Å². The zero-order chi connectivity index (χ0) is 14.8. The summed E-state index contributed by atoms with van der Waals surface area (Å²) in [4.78, 5) is 12.3. The van der Waals surface area contributed by atoms with Gasteiger partial charge in [0.25, 0.3) is 0 Å². The monoisotopic (exact) mass is 282 g/mol. The molecule has 0 saturated heterocycles. The highest BCUT2D eigenvalue weighted by Crippen LogP contribution is 2.34. The molecule has 2 aromatic rings. The van der Waals surface area contributed by atoms with Crippen LogP contribution in [0.25, 0.3) is 6.08 Å². The van der Waals surface area contributed by atoms with E-state index in [4.69, 9.17) is 14.2 Å². The summed E-state index contributed by atoms with van der Waals surface area (Å²) in [6.45, 7) is 0. The van der Waals surface area contributed by atoms with Crippen LogP contribution in [0.3, 0.4) is 0 Å². The molecule has 21 heavy (non-hydrogen) atoms. The number of ether oxygens (including phenoxy) is 3. The van der Waals surface area contributed by atoms with Gasteiger partial charge in [-0.3, -0.25) is 4.79 Å². The number of ketones is 1. The molecule has 2 aromatic carbocycles. The smallest absolute Gasteiger partial charge is 0.231 e. The van der Waals surface area contributed by atoms with Gasteiger partial charge in [-0.05, 0) is 35.9 Å². The van der Waals surface area contributed by atoms with E-state index < -0.39 is 0 Å². The molecule has 1 aliphatic heterocycles. The van der Waals surface area contributed by atoms with Crippen molar-refractivity contribution < 1.29 is 19.0 Å². The summed E-state index contributed by atoms with van der Waals surface area (Å²) in [5.41, 5.74) is 1.39. The van der Waals surface area contributed by atoms with E-state index in [0.29, 0.717) is 22.8 Å². The molecular formula is C17H14O4. The summed E-state index contributed by atoms with van der Waals surface area (Å²) < 4.78 is 15.9. The zero-order valence-electron chi connectivity index (χ0n) is 11.8. The lowest BCUT2D eigenvalue weighted by molar-refractivity contribution is 0.101. The summed E-state index contributed by atoms with van der Waals surface area (Å²) in [5.74, 6) is 2.08. The van der Waals surface area contributed by atoms with Crippen LogP contribution in [0.2, 0.25) is 0 Å². The van der Waals surface area contributed by atoms with Crippen LogP contribution < -0.4 is 14.2 Å². The van der Waals surface area contributed by atoms with Crippen LogP contribution in [-0.2, 0) is 0 Å². The first-order valence-corrected chi connectivity index (χ1v) is 6.47. The van der Waals surface area contributed by atoms with E-state index in [9.17, 15) is 4.79 Å². The Morgan fingerprint density at radius 3 is 2.52 bits per heavy atom. The van der Waals surface area contributed by atoms with Crippen molar-refractivity contribution in [1.29, 1.82) is 0 Å². The second-order valence-electron chi connectivity index (χ2n) is 4.58. The summed E-state index contributed by atoms with van der Waals surface area (Å²) >= 11 is 0. The number of hydrogen-bond acceptors (Lipinski definition) is 4. The third kappa shape index (κ3) is 2.48. The van der Waals surface area contributed by atoms with Crippen molar-refractivity contribution in [3.05, 3.63) is 59.4 Å². The van der Waals surface area contributed by atoms with Crippen LogP contribution in [0, 0.1) is 0 Å². The topological polar surface area (TPSA) is 44.8 Å². The maximum Gasteiger partial charge on any atom is 0.231 e. The van der Waals surface area contributed by atoms with Gasteiger partial charge < -0.3 is 14.2 Å². The Kier molecular flexibility index (Phi) is 3.36. The Bertz CT molecular complexity index is 731. The van der Waals surface area contributed by atoms with Crippen molar-refractivity contribution in [3.8, 4) is 17.2 Å². The Balaban J connectivity index is 1.94. The van der Waals surface area contributed by atoms with E-state index in [1.807, 2.05) is 24.3 Å². The van der Waals surface area contributed by atoms with Gasteiger partial charge in [-0.2, -0.15) is 0 Å². The minimum Gasteiger partial charge on any atom is -0.497 e. The highest BCUT2D eigenvalue weighted by Gasteiger charge is 2.27. The molecule has 3 rings (SSSR count). The van der Waals surface area contributed by atoms with Crippen molar-refractivity contribution in [2.45, 2.75) is 0 Å². The van der Waals surface area contributed by atoms with Gasteiger partial charge >= 0.3 is 0 Å². The number of methoxy groups -OCH3 is 2. The minimum atomic E-state index is -0.129. The standard InChI is InChI=1S/C17H14O4/c1-19-12-5-3-4-11(8-12)9-16-17(18)14-7-6-13(20-2)10-15(14)21-16/h3-10H,1-2H3/b16-9-. The molecule has 0 atom stereocenters. The Labute approximate surface area is 122 Å². The van der Waals surface area contributed by atoms with Crippen LogP contribution in [0.4, 0.5) is 0 Å². The fraction of sp³-hybridized carbons (Fsp3) is 0.118. The average molecular weight is 282 g/mol. The van der Waals surface area contributed by atoms with E-state index in [1.54, 1.807) is 38.5 Å². The maximum atomic E-state index is 12.3. The van der Waals surface area contributed by atoms with Gasteiger partial charge in [0.15, 0.2) is 5.76 Å². The van der Waals surface area contributed by atoms with Crippen molar-refractivity contribution in [2.75, 3.05) is 14.2 Å². The van der Waals surface area contributed by atoms with Crippen LogP contribution in [0.15, 0.2) is 48.2 Å². The Morgan fingerprint density at radius 1 is 1.00 bits per heavy atom. The Hall–Kier alpha value is -2.75. The summed E-state index contributed by atoms with van der Waals surface area (Å²) in [5, 5.41) is 0. The number of Topliss-reactive ketones (excluding diaryl/α,β-unsaturated/α-hetero) is 1. The molecule has 0 radical (unpaired) electrons. The third-order valence-corrected chi connectivity index (χ3v) is 3.27. The molecule has 0 amide bonds. The van der Waals surface area contributed by atoms with Crippen LogP contribution in [-0.4, -0.2) is 20.0 Å². The summed E-state index contributed by atoms with van der Waals surface area (Å²) in [7, 11) is 3.18. The molecule has 106 valence electrons. The molecule has 0 bridgehead atoms. The van der Waals surface area contributed by atoms with Gasteiger partial charge in [-0.25, -0.2) is 0 Å². The second-order valence-corrected chi connectivity index (χ2v) is 4.58. The first kappa shape index (κ1) is 13.2. The normalized spacial score (nSPS) is 14.8. The number of fused-ring (bicyclic) bond motifs is 1. The number of benzene rings is 2. The highest BCUT2D eigenvalue weighted by atomic mass is 16.5. The molecule has 0 saturated carbocycles.